The van der Waals surface area contributed by atoms with Crippen molar-refractivity contribution in [2.45, 2.75) is 31.9 Å². The van der Waals surface area contributed by atoms with Crippen molar-refractivity contribution in [1.82, 2.24) is 9.88 Å². The van der Waals surface area contributed by atoms with Gasteiger partial charge >= 0.3 is 0 Å². The lowest BCUT2D eigenvalue weighted by Crippen LogP contribution is -2.38. The summed E-state index contributed by atoms with van der Waals surface area (Å²) in [6, 6.07) is 12.1. The maximum Gasteiger partial charge on any atom is 0.231 e. The molecule has 32 heavy (non-hydrogen) atoms. The first-order chi connectivity index (χ1) is 15.6. The maximum atomic E-state index is 13.7. The molecule has 166 valence electrons. The molecule has 2 aliphatic rings. The molecule has 6 nitrogen and oxygen atoms in total. The Hall–Kier alpha value is -2.97. The highest BCUT2D eigenvalue weighted by Crippen LogP contribution is 2.36. The van der Waals surface area contributed by atoms with E-state index >= 15 is 0 Å². The Morgan fingerprint density at radius 1 is 1.19 bits per heavy atom. The zero-order chi connectivity index (χ0) is 21.9. The smallest absolute Gasteiger partial charge is 0.231 e. The van der Waals surface area contributed by atoms with Crippen LogP contribution in [0.1, 0.15) is 24.1 Å². The van der Waals surface area contributed by atoms with Crippen LogP contribution in [-0.2, 0) is 22.5 Å². The third-order valence-electron chi connectivity index (χ3n) is 5.57. The molecule has 1 saturated heterocycles. The highest BCUT2D eigenvalue weighted by molar-refractivity contribution is 7.13. The summed E-state index contributed by atoms with van der Waals surface area (Å²) < 4.78 is 30.2. The molecule has 0 radical (unpaired) electrons. The van der Waals surface area contributed by atoms with Crippen LogP contribution in [0.2, 0.25) is 0 Å². The van der Waals surface area contributed by atoms with E-state index in [4.69, 9.17) is 14.2 Å². The molecule has 0 spiro atoms. The van der Waals surface area contributed by atoms with Crippen LogP contribution in [0.3, 0.4) is 0 Å². The van der Waals surface area contributed by atoms with Crippen molar-refractivity contribution in [3.05, 3.63) is 64.9 Å². The van der Waals surface area contributed by atoms with Gasteiger partial charge in [0.25, 0.3) is 0 Å². The fourth-order valence-corrected chi connectivity index (χ4v) is 4.78. The van der Waals surface area contributed by atoms with Crippen molar-refractivity contribution in [2.75, 3.05) is 19.9 Å². The van der Waals surface area contributed by atoms with Crippen molar-refractivity contribution in [1.29, 1.82) is 0 Å². The number of halogens is 1. The number of carbonyl (C=O) groups is 1. The number of amides is 1. The standard InChI is InChI=1S/C24H23FN2O4S/c25-18-4-1-3-16(9-18)12-27(13-20-5-2-8-29-20)23(28)11-19-14-32-24(26-19)17-6-7-21-22(10-17)31-15-30-21/h1,3-4,6-7,9-10,14,20H,2,5,8,11-13,15H2. The zero-order valence-corrected chi connectivity index (χ0v) is 18.3. The van der Waals surface area contributed by atoms with Crippen LogP contribution in [-0.4, -0.2) is 41.8 Å². The van der Waals surface area contributed by atoms with Crippen LogP contribution in [0.15, 0.2) is 47.8 Å². The number of hydrogen-bond acceptors (Lipinski definition) is 6. The van der Waals surface area contributed by atoms with E-state index in [0.717, 1.165) is 41.3 Å². The number of aromatic nitrogens is 1. The quantitative estimate of drug-likeness (QED) is 0.529. The fourth-order valence-electron chi connectivity index (χ4n) is 3.96. The Morgan fingerprint density at radius 3 is 2.94 bits per heavy atom. The number of thiazole rings is 1. The Balaban J connectivity index is 1.30. The average molecular weight is 455 g/mol. The van der Waals surface area contributed by atoms with Crippen molar-refractivity contribution >= 4 is 17.2 Å². The minimum atomic E-state index is -0.306. The van der Waals surface area contributed by atoms with Crippen LogP contribution in [0.5, 0.6) is 11.5 Å². The highest BCUT2D eigenvalue weighted by atomic mass is 32.1. The SMILES string of the molecule is O=C(Cc1csc(-c2ccc3c(c2)OCO3)n1)N(Cc1cccc(F)c1)CC1CCCO1. The molecular weight excluding hydrogens is 431 g/mol. The van der Waals surface area contributed by atoms with Gasteiger partial charge in [-0.1, -0.05) is 12.1 Å². The summed E-state index contributed by atoms with van der Waals surface area (Å²) in [6.45, 7) is 1.78. The summed E-state index contributed by atoms with van der Waals surface area (Å²) in [7, 11) is 0. The molecule has 3 heterocycles. The molecular formula is C24H23FN2O4S. The molecule has 1 atom stereocenters. The Kier molecular flexibility index (Phi) is 6.05. The van der Waals surface area contributed by atoms with E-state index in [1.807, 2.05) is 29.6 Å². The molecule has 2 aliphatic heterocycles. The third kappa shape index (κ3) is 4.76. The van der Waals surface area contributed by atoms with Crippen molar-refractivity contribution in [3.8, 4) is 22.1 Å². The molecule has 3 aromatic rings. The van der Waals surface area contributed by atoms with Crippen LogP contribution < -0.4 is 9.47 Å². The number of carbonyl (C=O) groups excluding carboxylic acids is 1. The molecule has 1 unspecified atom stereocenters. The summed E-state index contributed by atoms with van der Waals surface area (Å²) in [5, 5.41) is 2.73. The van der Waals surface area contributed by atoms with Gasteiger partial charge in [-0.2, -0.15) is 0 Å². The summed E-state index contributed by atoms with van der Waals surface area (Å²) >= 11 is 1.49. The monoisotopic (exact) mass is 454 g/mol. The number of hydrogen-bond donors (Lipinski definition) is 0. The van der Waals surface area contributed by atoms with Crippen LogP contribution >= 0.6 is 11.3 Å². The first kappa shape index (κ1) is 20.9. The highest BCUT2D eigenvalue weighted by Gasteiger charge is 2.24. The Morgan fingerprint density at radius 2 is 2.09 bits per heavy atom. The predicted molar refractivity (Wildman–Crippen MR) is 118 cm³/mol. The van der Waals surface area contributed by atoms with Gasteiger partial charge in [0.1, 0.15) is 10.8 Å². The summed E-state index contributed by atoms with van der Waals surface area (Å²) in [5.74, 6) is 1.07. The first-order valence-corrected chi connectivity index (χ1v) is 11.5. The van der Waals surface area contributed by atoms with E-state index in [2.05, 4.69) is 4.98 Å². The molecule has 1 fully saturated rings. The minimum Gasteiger partial charge on any atom is -0.454 e. The topological polar surface area (TPSA) is 60.9 Å². The van der Waals surface area contributed by atoms with Gasteiger partial charge in [0, 0.05) is 30.6 Å². The molecule has 0 bridgehead atoms. The molecule has 5 rings (SSSR count). The van der Waals surface area contributed by atoms with E-state index in [9.17, 15) is 9.18 Å². The van der Waals surface area contributed by atoms with Gasteiger partial charge in [-0.25, -0.2) is 9.37 Å². The number of ether oxygens (including phenoxy) is 3. The van der Waals surface area contributed by atoms with Gasteiger partial charge in [-0.3, -0.25) is 4.79 Å². The molecule has 1 aromatic heterocycles. The number of fused-ring (bicyclic) bond motifs is 1. The normalized spacial score (nSPS) is 17.0. The van der Waals surface area contributed by atoms with Crippen molar-refractivity contribution in [2.24, 2.45) is 0 Å². The molecule has 0 aliphatic carbocycles. The number of benzene rings is 2. The summed E-state index contributed by atoms with van der Waals surface area (Å²) in [4.78, 5) is 19.6. The number of nitrogens with zero attached hydrogens (tertiary/aromatic N) is 2. The van der Waals surface area contributed by atoms with Gasteiger partial charge in [-0.05, 0) is 48.7 Å². The molecule has 0 N–H and O–H groups in total. The zero-order valence-electron chi connectivity index (χ0n) is 17.5. The van der Waals surface area contributed by atoms with Crippen LogP contribution in [0.4, 0.5) is 4.39 Å². The van der Waals surface area contributed by atoms with Gasteiger partial charge in [-0.15, -0.1) is 11.3 Å². The second kappa shape index (κ2) is 9.26. The van der Waals surface area contributed by atoms with Gasteiger partial charge in [0.15, 0.2) is 11.5 Å². The van der Waals surface area contributed by atoms with Crippen molar-refractivity contribution < 1.29 is 23.4 Å². The van der Waals surface area contributed by atoms with E-state index in [1.54, 1.807) is 11.0 Å². The maximum absolute atomic E-state index is 13.7. The minimum absolute atomic E-state index is 0.0205. The lowest BCUT2D eigenvalue weighted by molar-refractivity contribution is -0.132. The molecule has 1 amide bonds. The van der Waals surface area contributed by atoms with Gasteiger partial charge in [0.2, 0.25) is 12.7 Å². The van der Waals surface area contributed by atoms with E-state index in [-0.39, 0.29) is 31.0 Å². The largest absolute Gasteiger partial charge is 0.454 e. The average Bonchev–Trinajstić information content (AvgIpc) is 3.55. The summed E-state index contributed by atoms with van der Waals surface area (Å²) in [5.41, 5.74) is 2.40. The van der Waals surface area contributed by atoms with Crippen LogP contribution in [0.25, 0.3) is 10.6 Å². The van der Waals surface area contributed by atoms with Crippen molar-refractivity contribution in [3.63, 3.8) is 0 Å². The second-order valence-corrected chi connectivity index (χ2v) is 8.79. The van der Waals surface area contributed by atoms with Gasteiger partial charge < -0.3 is 19.1 Å². The fraction of sp³-hybridized carbons (Fsp3) is 0.333. The Bertz CT molecular complexity index is 1110. The molecule has 2 aromatic carbocycles. The molecule has 8 heteroatoms. The van der Waals surface area contributed by atoms with E-state index in [1.165, 1.54) is 23.5 Å². The number of rotatable bonds is 7. The molecule has 0 saturated carbocycles. The first-order valence-electron chi connectivity index (χ1n) is 10.6. The van der Waals surface area contributed by atoms with Gasteiger partial charge in [0.05, 0.1) is 18.2 Å². The lowest BCUT2D eigenvalue weighted by Gasteiger charge is -2.25. The Labute approximate surface area is 189 Å². The summed E-state index contributed by atoms with van der Waals surface area (Å²) in [6.07, 6.45) is 2.13. The lowest BCUT2D eigenvalue weighted by atomic mass is 10.1. The predicted octanol–water partition coefficient (Wildman–Crippen LogP) is 4.43. The van der Waals surface area contributed by atoms with E-state index < -0.39 is 0 Å². The van der Waals surface area contributed by atoms with E-state index in [0.29, 0.717) is 24.5 Å². The third-order valence-corrected chi connectivity index (χ3v) is 6.51. The second-order valence-electron chi connectivity index (χ2n) is 7.93. The van der Waals surface area contributed by atoms with Crippen LogP contribution in [0, 0.1) is 5.82 Å².